The number of ether oxygens (including phenoxy) is 1. The fourth-order valence-electron chi connectivity index (χ4n) is 5.35. The van der Waals surface area contributed by atoms with Crippen LogP contribution in [0.1, 0.15) is 17.0 Å². The summed E-state index contributed by atoms with van der Waals surface area (Å²) in [6.45, 7) is 0. The molecule has 0 saturated heterocycles. The molecule has 0 saturated carbocycles. The molecule has 39 heavy (non-hydrogen) atoms. The number of hydrogen-bond donors (Lipinski definition) is 1. The lowest BCUT2D eigenvalue weighted by atomic mass is 9.85. The number of halogens is 1. The van der Waals surface area contributed by atoms with Gasteiger partial charge in [-0.25, -0.2) is 18.4 Å². The second-order valence-electron chi connectivity index (χ2n) is 9.30. The first kappa shape index (κ1) is 23.6. The Morgan fingerprint density at radius 1 is 0.718 bits per heavy atom. The molecule has 0 radical (unpaired) electrons. The Kier molecular flexibility index (Phi) is 5.33. The molecule has 7 rings (SSSR count). The normalized spacial score (nSPS) is 15.5. The highest BCUT2D eigenvalue weighted by Crippen LogP contribution is 2.52. The maximum Gasteiger partial charge on any atom is 0.208 e. The Labute approximate surface area is 229 Å². The molecule has 6 nitrogen and oxygen atoms in total. The fourth-order valence-corrected chi connectivity index (χ4v) is 7.22. The van der Waals surface area contributed by atoms with Crippen molar-refractivity contribution in [3.05, 3.63) is 130 Å². The third kappa shape index (κ3) is 3.58. The lowest BCUT2D eigenvalue weighted by Gasteiger charge is -2.31. The first-order chi connectivity index (χ1) is 18.9. The first-order valence-electron chi connectivity index (χ1n) is 12.3. The minimum Gasteiger partial charge on any atom is -0.439 e. The first-order valence-corrected chi connectivity index (χ1v) is 14.1. The summed E-state index contributed by atoms with van der Waals surface area (Å²) in [4.78, 5) is 10.0. The van der Waals surface area contributed by atoms with Crippen LogP contribution < -0.4 is 10.5 Å². The molecule has 6 aromatic rings. The molecular weight excluding hydrogens is 530 g/mol. The molecule has 1 aliphatic heterocycles. The van der Waals surface area contributed by atoms with E-state index in [1.54, 1.807) is 42.5 Å². The maximum atomic E-state index is 14.2. The molecule has 0 spiro atoms. The van der Waals surface area contributed by atoms with Crippen LogP contribution in [0.25, 0.3) is 32.8 Å². The predicted octanol–water partition coefficient (Wildman–Crippen LogP) is 6.72. The largest absolute Gasteiger partial charge is 0.439 e. The number of nitrogens with zero attached hydrogens (tertiary/aromatic N) is 2. The molecule has 1 aromatic heterocycles. The molecule has 5 aromatic carbocycles. The van der Waals surface area contributed by atoms with Crippen molar-refractivity contribution in [3.63, 3.8) is 0 Å². The van der Waals surface area contributed by atoms with Gasteiger partial charge >= 0.3 is 0 Å². The van der Waals surface area contributed by atoms with E-state index in [0.29, 0.717) is 38.4 Å². The molecule has 0 fully saturated rings. The second-order valence-corrected chi connectivity index (χ2v) is 11.6. The van der Waals surface area contributed by atoms with Gasteiger partial charge in [-0.15, -0.1) is 0 Å². The predicted molar refractivity (Wildman–Crippen MR) is 153 cm³/mol. The van der Waals surface area contributed by atoms with Crippen LogP contribution >= 0.6 is 11.6 Å². The van der Waals surface area contributed by atoms with Gasteiger partial charge in [-0.3, -0.25) is 0 Å². The van der Waals surface area contributed by atoms with Gasteiger partial charge in [0, 0.05) is 21.4 Å². The summed E-state index contributed by atoms with van der Waals surface area (Å²) in [5.74, 6) is -0.651. The van der Waals surface area contributed by atoms with E-state index in [4.69, 9.17) is 32.0 Å². The van der Waals surface area contributed by atoms with Crippen molar-refractivity contribution in [2.75, 3.05) is 0 Å². The summed E-state index contributed by atoms with van der Waals surface area (Å²) in [7, 11) is -4.11. The van der Waals surface area contributed by atoms with Crippen LogP contribution in [-0.4, -0.2) is 18.4 Å². The van der Waals surface area contributed by atoms with Crippen LogP contribution in [0.15, 0.2) is 119 Å². The Balaban J connectivity index is 1.67. The van der Waals surface area contributed by atoms with Crippen LogP contribution in [0, 0.1) is 0 Å². The van der Waals surface area contributed by atoms with E-state index < -0.39 is 15.8 Å². The Morgan fingerprint density at radius 3 is 2.03 bits per heavy atom. The van der Waals surface area contributed by atoms with E-state index in [2.05, 4.69) is 0 Å². The average Bonchev–Trinajstić information content (AvgIpc) is 2.96. The number of rotatable bonds is 3. The zero-order valence-corrected chi connectivity index (χ0v) is 21.9. The van der Waals surface area contributed by atoms with Crippen molar-refractivity contribution in [1.29, 1.82) is 0 Å². The highest BCUT2D eigenvalue weighted by Gasteiger charge is 2.42. The van der Waals surface area contributed by atoms with Crippen molar-refractivity contribution in [3.8, 4) is 5.75 Å². The Morgan fingerprint density at radius 2 is 1.31 bits per heavy atom. The number of aromatic nitrogens is 2. The number of benzene rings is 5. The lowest BCUT2D eigenvalue weighted by molar-refractivity contribution is 0.400. The molecule has 8 heteroatoms. The zero-order valence-electron chi connectivity index (χ0n) is 20.4. The van der Waals surface area contributed by atoms with Crippen molar-refractivity contribution < 1.29 is 13.2 Å². The van der Waals surface area contributed by atoms with Crippen molar-refractivity contribution in [2.45, 2.75) is 10.8 Å². The smallest absolute Gasteiger partial charge is 0.208 e. The van der Waals surface area contributed by atoms with E-state index in [9.17, 15) is 8.42 Å². The van der Waals surface area contributed by atoms with E-state index in [0.717, 1.165) is 16.3 Å². The standard InChI is InChI=1S/C31H20ClN3O3S/c32-22-15-7-6-14-21(22)25-26-28-27(34-23-16-8-9-17-24(23)35-28)19-12-4-5-13-20(19)29(26)38-31(33)30(25)39(36,37)18-10-2-1-3-11-18/h1-17,25H,33H2. The van der Waals surface area contributed by atoms with E-state index in [-0.39, 0.29) is 15.7 Å². The van der Waals surface area contributed by atoms with Gasteiger partial charge in [0.1, 0.15) is 10.7 Å². The van der Waals surface area contributed by atoms with E-state index in [1.807, 2.05) is 60.7 Å². The van der Waals surface area contributed by atoms with Crippen LogP contribution in [0.4, 0.5) is 0 Å². The van der Waals surface area contributed by atoms with Gasteiger partial charge in [0.2, 0.25) is 15.7 Å². The summed E-state index contributed by atoms with van der Waals surface area (Å²) < 4.78 is 34.7. The monoisotopic (exact) mass is 549 g/mol. The molecule has 2 N–H and O–H groups in total. The lowest BCUT2D eigenvalue weighted by Crippen LogP contribution is -2.27. The second kappa shape index (κ2) is 8.80. The number of fused-ring (bicyclic) bond motifs is 7. The molecule has 2 heterocycles. The topological polar surface area (TPSA) is 95.2 Å². The fraction of sp³-hybridized carbons (Fsp3) is 0.0323. The van der Waals surface area contributed by atoms with Crippen LogP contribution in [0.3, 0.4) is 0 Å². The van der Waals surface area contributed by atoms with Gasteiger partial charge in [-0.05, 0) is 35.9 Å². The van der Waals surface area contributed by atoms with Crippen molar-refractivity contribution >= 4 is 54.3 Å². The Bertz CT molecular complexity index is 2090. The minimum absolute atomic E-state index is 0.0826. The molecular formula is C31H20ClN3O3S. The molecule has 1 aliphatic rings. The third-order valence-corrected chi connectivity index (χ3v) is 9.31. The van der Waals surface area contributed by atoms with E-state index in [1.165, 1.54) is 0 Å². The van der Waals surface area contributed by atoms with Crippen LogP contribution in [-0.2, 0) is 9.84 Å². The minimum atomic E-state index is -4.11. The molecule has 0 aliphatic carbocycles. The molecule has 0 bridgehead atoms. The highest BCUT2D eigenvalue weighted by atomic mass is 35.5. The van der Waals surface area contributed by atoms with Gasteiger partial charge < -0.3 is 10.5 Å². The maximum absolute atomic E-state index is 14.2. The zero-order chi connectivity index (χ0) is 26.7. The van der Waals surface area contributed by atoms with Crippen molar-refractivity contribution in [2.24, 2.45) is 5.73 Å². The summed E-state index contributed by atoms with van der Waals surface area (Å²) in [5, 5.41) is 1.98. The third-order valence-electron chi connectivity index (χ3n) is 7.06. The Hall–Kier alpha value is -4.46. The van der Waals surface area contributed by atoms with Gasteiger partial charge in [0.15, 0.2) is 0 Å². The van der Waals surface area contributed by atoms with Gasteiger partial charge in [0.05, 0.1) is 32.9 Å². The number of hydrogen-bond acceptors (Lipinski definition) is 6. The highest BCUT2D eigenvalue weighted by molar-refractivity contribution is 7.95. The summed E-state index contributed by atoms with van der Waals surface area (Å²) in [6, 6.07) is 30.6. The molecule has 190 valence electrons. The van der Waals surface area contributed by atoms with Gasteiger partial charge in [-0.2, -0.15) is 0 Å². The summed E-state index contributed by atoms with van der Waals surface area (Å²) in [6.07, 6.45) is 0. The number of allylic oxidation sites excluding steroid dienone is 1. The number of sulfone groups is 1. The van der Waals surface area contributed by atoms with Gasteiger partial charge in [-0.1, -0.05) is 84.4 Å². The van der Waals surface area contributed by atoms with Crippen molar-refractivity contribution in [1.82, 2.24) is 9.97 Å². The SMILES string of the molecule is NC1=C(S(=O)(=O)c2ccccc2)C(c2ccccc2Cl)c2c(c3ccccc3c3nc4ccccc4nc23)O1. The van der Waals surface area contributed by atoms with Gasteiger partial charge in [0.25, 0.3) is 0 Å². The number of nitrogens with two attached hydrogens (primary N) is 1. The molecule has 1 unspecified atom stereocenters. The average molecular weight is 550 g/mol. The number of para-hydroxylation sites is 2. The van der Waals surface area contributed by atoms with E-state index >= 15 is 0 Å². The van der Waals surface area contributed by atoms with Crippen LogP contribution in [0.5, 0.6) is 5.75 Å². The molecule has 1 atom stereocenters. The van der Waals surface area contributed by atoms with Crippen LogP contribution in [0.2, 0.25) is 5.02 Å². The summed E-state index contributed by atoms with van der Waals surface area (Å²) >= 11 is 6.76. The quantitative estimate of drug-likeness (QED) is 0.194. The molecule has 0 amide bonds. The summed E-state index contributed by atoms with van der Waals surface area (Å²) in [5.41, 5.74) is 10.2.